The van der Waals surface area contributed by atoms with Gasteiger partial charge in [0.2, 0.25) is 5.91 Å². The molecule has 0 aromatic heterocycles. The Balaban J connectivity index is 1.73. The van der Waals surface area contributed by atoms with Gasteiger partial charge >= 0.3 is 6.03 Å². The maximum Gasteiger partial charge on any atom is 0.321 e. The van der Waals surface area contributed by atoms with Gasteiger partial charge in [0.1, 0.15) is 0 Å². The molecule has 1 spiro atoms. The number of nitrogens with zero attached hydrogens (tertiary/aromatic N) is 1. The molecule has 1 unspecified atom stereocenters. The monoisotopic (exact) mass is 315 g/mol. The molecular weight excluding hydrogens is 290 g/mol. The van der Waals surface area contributed by atoms with Crippen molar-refractivity contribution in [1.29, 1.82) is 0 Å². The predicted molar refractivity (Wildman–Crippen MR) is 90.2 cm³/mol. The summed E-state index contributed by atoms with van der Waals surface area (Å²) in [6.45, 7) is 3.20. The van der Waals surface area contributed by atoms with Crippen LogP contribution in [-0.2, 0) is 4.79 Å². The SMILES string of the molecule is CNC(=O)C1CN(C(=O)Nc2cccc(C)c2)CC12CCCC2. The first-order chi connectivity index (χ1) is 11.0. The predicted octanol–water partition coefficient (Wildman–Crippen LogP) is 2.77. The van der Waals surface area contributed by atoms with Crippen LogP contribution in [0, 0.1) is 18.3 Å². The Labute approximate surface area is 137 Å². The van der Waals surface area contributed by atoms with Crippen molar-refractivity contribution in [2.45, 2.75) is 32.6 Å². The third-order valence-corrected chi connectivity index (χ3v) is 5.37. The Morgan fingerprint density at radius 1 is 1.26 bits per heavy atom. The number of likely N-dealkylation sites (tertiary alicyclic amines) is 1. The fourth-order valence-corrected chi connectivity index (χ4v) is 4.17. The number of hydrogen-bond acceptors (Lipinski definition) is 2. The van der Waals surface area contributed by atoms with Crippen molar-refractivity contribution in [2.75, 3.05) is 25.5 Å². The number of carbonyl (C=O) groups is 2. The summed E-state index contributed by atoms with van der Waals surface area (Å²) in [5.41, 5.74) is 1.89. The van der Waals surface area contributed by atoms with Crippen molar-refractivity contribution < 1.29 is 9.59 Å². The van der Waals surface area contributed by atoms with Crippen LogP contribution in [0.25, 0.3) is 0 Å². The first-order valence-corrected chi connectivity index (χ1v) is 8.38. The Bertz CT molecular complexity index is 608. The zero-order valence-corrected chi connectivity index (χ0v) is 13.9. The van der Waals surface area contributed by atoms with Gasteiger partial charge in [0.15, 0.2) is 0 Å². The number of amides is 3. The number of anilines is 1. The normalized spacial score (nSPS) is 22.3. The van der Waals surface area contributed by atoms with E-state index in [1.54, 1.807) is 7.05 Å². The maximum absolute atomic E-state index is 12.6. The molecule has 124 valence electrons. The zero-order valence-electron chi connectivity index (χ0n) is 13.9. The highest BCUT2D eigenvalue weighted by molar-refractivity contribution is 5.91. The summed E-state index contributed by atoms with van der Waals surface area (Å²) < 4.78 is 0. The number of aryl methyl sites for hydroxylation is 1. The van der Waals surface area contributed by atoms with Crippen LogP contribution in [0.4, 0.5) is 10.5 Å². The lowest BCUT2D eigenvalue weighted by Crippen LogP contribution is -2.38. The van der Waals surface area contributed by atoms with E-state index in [-0.39, 0.29) is 23.3 Å². The quantitative estimate of drug-likeness (QED) is 0.881. The highest BCUT2D eigenvalue weighted by Gasteiger charge is 2.52. The average molecular weight is 315 g/mol. The van der Waals surface area contributed by atoms with E-state index in [4.69, 9.17) is 0 Å². The van der Waals surface area contributed by atoms with Crippen molar-refractivity contribution >= 4 is 17.6 Å². The maximum atomic E-state index is 12.6. The summed E-state index contributed by atoms with van der Waals surface area (Å²) in [5, 5.41) is 5.74. The van der Waals surface area contributed by atoms with Gasteiger partial charge in [0.05, 0.1) is 5.92 Å². The van der Waals surface area contributed by atoms with Crippen molar-refractivity contribution in [3.8, 4) is 0 Å². The van der Waals surface area contributed by atoms with Gasteiger partial charge in [-0.05, 0) is 37.5 Å². The molecule has 3 amide bonds. The van der Waals surface area contributed by atoms with Crippen LogP contribution in [-0.4, -0.2) is 37.0 Å². The van der Waals surface area contributed by atoms with Crippen LogP contribution in [0.15, 0.2) is 24.3 Å². The van der Waals surface area contributed by atoms with Crippen molar-refractivity contribution in [3.05, 3.63) is 29.8 Å². The van der Waals surface area contributed by atoms with Gasteiger partial charge in [-0.25, -0.2) is 4.79 Å². The molecule has 23 heavy (non-hydrogen) atoms. The minimum Gasteiger partial charge on any atom is -0.359 e. The minimum absolute atomic E-state index is 0.0238. The molecule has 2 fully saturated rings. The fraction of sp³-hybridized carbons (Fsp3) is 0.556. The standard InChI is InChI=1S/C18H25N3O2/c1-13-6-5-7-14(10-13)20-17(23)21-11-15(16(22)19-2)18(12-21)8-3-4-9-18/h5-7,10,15H,3-4,8-9,11-12H2,1-2H3,(H,19,22)(H,20,23). The van der Waals surface area contributed by atoms with Crippen LogP contribution in [0.5, 0.6) is 0 Å². The van der Waals surface area contributed by atoms with Gasteiger partial charge in [-0.15, -0.1) is 0 Å². The van der Waals surface area contributed by atoms with Crippen molar-refractivity contribution in [3.63, 3.8) is 0 Å². The van der Waals surface area contributed by atoms with E-state index in [1.807, 2.05) is 36.1 Å². The van der Waals surface area contributed by atoms with Crippen molar-refractivity contribution in [2.24, 2.45) is 11.3 Å². The lowest BCUT2D eigenvalue weighted by atomic mass is 9.76. The number of rotatable bonds is 2. The number of benzene rings is 1. The lowest BCUT2D eigenvalue weighted by Gasteiger charge is -2.28. The van der Waals surface area contributed by atoms with E-state index >= 15 is 0 Å². The van der Waals surface area contributed by atoms with Gasteiger partial charge in [-0.3, -0.25) is 4.79 Å². The van der Waals surface area contributed by atoms with E-state index < -0.39 is 0 Å². The molecule has 1 heterocycles. The van der Waals surface area contributed by atoms with Gasteiger partial charge in [0.25, 0.3) is 0 Å². The van der Waals surface area contributed by atoms with Crippen molar-refractivity contribution in [1.82, 2.24) is 10.2 Å². The van der Waals surface area contributed by atoms with E-state index in [9.17, 15) is 9.59 Å². The number of hydrogen-bond donors (Lipinski definition) is 2. The molecule has 3 rings (SSSR count). The molecular formula is C18H25N3O2. The Kier molecular flexibility index (Phi) is 4.28. The Morgan fingerprint density at radius 2 is 2.00 bits per heavy atom. The molecule has 1 saturated carbocycles. The Hall–Kier alpha value is -2.04. The molecule has 2 N–H and O–H groups in total. The van der Waals surface area contributed by atoms with Crippen LogP contribution < -0.4 is 10.6 Å². The topological polar surface area (TPSA) is 61.4 Å². The zero-order chi connectivity index (χ0) is 16.4. The van der Waals surface area contributed by atoms with Crippen LogP contribution in [0.3, 0.4) is 0 Å². The molecule has 0 radical (unpaired) electrons. The van der Waals surface area contributed by atoms with Crippen LogP contribution in [0.1, 0.15) is 31.2 Å². The summed E-state index contributed by atoms with van der Waals surface area (Å²) in [4.78, 5) is 26.7. The smallest absolute Gasteiger partial charge is 0.321 e. The molecule has 1 atom stereocenters. The first-order valence-electron chi connectivity index (χ1n) is 8.38. The van der Waals surface area contributed by atoms with Gasteiger partial charge in [-0.1, -0.05) is 25.0 Å². The van der Waals surface area contributed by atoms with E-state index in [0.29, 0.717) is 13.1 Å². The van der Waals surface area contributed by atoms with Crippen LogP contribution >= 0.6 is 0 Å². The third-order valence-electron chi connectivity index (χ3n) is 5.37. The number of urea groups is 1. The molecule has 5 nitrogen and oxygen atoms in total. The summed E-state index contributed by atoms with van der Waals surface area (Å²) >= 11 is 0. The third kappa shape index (κ3) is 3.05. The summed E-state index contributed by atoms with van der Waals surface area (Å²) in [7, 11) is 1.68. The van der Waals surface area contributed by atoms with E-state index in [1.165, 1.54) is 0 Å². The second-order valence-electron chi connectivity index (χ2n) is 6.92. The number of nitrogens with one attached hydrogen (secondary N) is 2. The Morgan fingerprint density at radius 3 is 2.65 bits per heavy atom. The molecule has 1 aliphatic heterocycles. The van der Waals surface area contributed by atoms with E-state index in [2.05, 4.69) is 10.6 Å². The average Bonchev–Trinajstić information content (AvgIpc) is 3.15. The number of carbonyl (C=O) groups excluding carboxylic acids is 2. The highest BCUT2D eigenvalue weighted by Crippen LogP contribution is 2.49. The second-order valence-corrected chi connectivity index (χ2v) is 6.92. The first kappa shape index (κ1) is 15.8. The molecule has 1 aliphatic carbocycles. The fourth-order valence-electron chi connectivity index (χ4n) is 4.17. The largest absolute Gasteiger partial charge is 0.359 e. The van der Waals surface area contributed by atoms with Gasteiger partial charge in [-0.2, -0.15) is 0 Å². The molecule has 1 saturated heterocycles. The van der Waals surface area contributed by atoms with E-state index in [0.717, 1.165) is 36.9 Å². The van der Waals surface area contributed by atoms with Gasteiger partial charge < -0.3 is 15.5 Å². The molecule has 5 heteroatoms. The van der Waals surface area contributed by atoms with Gasteiger partial charge in [0, 0.05) is 31.2 Å². The summed E-state index contributed by atoms with van der Waals surface area (Å²) in [6, 6.07) is 7.67. The minimum atomic E-state index is -0.103. The van der Waals surface area contributed by atoms with Crippen LogP contribution in [0.2, 0.25) is 0 Å². The highest BCUT2D eigenvalue weighted by atomic mass is 16.2. The molecule has 1 aromatic rings. The lowest BCUT2D eigenvalue weighted by molar-refractivity contribution is -0.127. The second kappa shape index (κ2) is 6.22. The molecule has 2 aliphatic rings. The summed E-state index contributed by atoms with van der Waals surface area (Å²) in [5.74, 6) is -0.0176. The summed E-state index contributed by atoms with van der Waals surface area (Å²) in [6.07, 6.45) is 4.39. The molecule has 1 aromatic carbocycles. The molecule has 0 bridgehead atoms.